The number of aryl methyl sites for hydroxylation is 1. The summed E-state index contributed by atoms with van der Waals surface area (Å²) < 4.78 is 89.7. The minimum atomic E-state index is -6.30. The van der Waals surface area contributed by atoms with Gasteiger partial charge in [0, 0.05) is 5.56 Å². The zero-order valence-corrected chi connectivity index (χ0v) is 9.85. The minimum Gasteiger partial charge on any atom is -0.411 e. The highest BCUT2D eigenvalue weighted by molar-refractivity contribution is 5.98. The molecule has 0 fully saturated rings. The fourth-order valence-electron chi connectivity index (χ4n) is 1.36. The number of oxime groups is 1. The van der Waals surface area contributed by atoms with Crippen molar-refractivity contribution in [1.82, 2.24) is 0 Å². The SMILES string of the molecule is Cc1ccc(C(F)(F)C(=NO)C(F)(F)C(F)(F)F)cc1. The molecule has 20 heavy (non-hydrogen) atoms. The molecule has 112 valence electrons. The third kappa shape index (κ3) is 2.70. The molecule has 0 saturated carbocycles. The highest BCUT2D eigenvalue weighted by atomic mass is 19.4. The normalized spacial score (nSPS) is 14.5. The summed E-state index contributed by atoms with van der Waals surface area (Å²) in [5.41, 5.74) is -3.62. The lowest BCUT2D eigenvalue weighted by Gasteiger charge is -2.26. The van der Waals surface area contributed by atoms with E-state index in [4.69, 9.17) is 5.21 Å². The lowest BCUT2D eigenvalue weighted by Crippen LogP contribution is -2.50. The average Bonchev–Trinajstić information content (AvgIpc) is 2.28. The Morgan fingerprint density at radius 1 is 0.950 bits per heavy atom. The molecule has 2 nitrogen and oxygen atoms in total. The Balaban J connectivity index is 3.34. The molecule has 0 aliphatic carbocycles. The van der Waals surface area contributed by atoms with Crippen molar-refractivity contribution in [2.75, 3.05) is 0 Å². The lowest BCUT2D eigenvalue weighted by atomic mass is 9.98. The molecule has 0 spiro atoms. The Morgan fingerprint density at radius 2 is 1.40 bits per heavy atom. The molecule has 0 bridgehead atoms. The van der Waals surface area contributed by atoms with Gasteiger partial charge in [0.15, 0.2) is 0 Å². The van der Waals surface area contributed by atoms with Crippen LogP contribution in [0, 0.1) is 6.92 Å². The van der Waals surface area contributed by atoms with Gasteiger partial charge in [0.1, 0.15) is 0 Å². The summed E-state index contributed by atoms with van der Waals surface area (Å²) in [4.78, 5) is 0. The molecule has 1 N–H and O–H groups in total. The Kier molecular flexibility index (Phi) is 4.02. The van der Waals surface area contributed by atoms with Gasteiger partial charge in [0.25, 0.3) is 0 Å². The van der Waals surface area contributed by atoms with E-state index < -0.39 is 29.3 Å². The molecule has 0 saturated heterocycles. The minimum absolute atomic E-state index is 0.495. The third-order valence-electron chi connectivity index (χ3n) is 2.46. The largest absolute Gasteiger partial charge is 0.459 e. The smallest absolute Gasteiger partial charge is 0.411 e. The van der Waals surface area contributed by atoms with Crippen molar-refractivity contribution in [3.8, 4) is 0 Å². The number of rotatable bonds is 3. The molecule has 1 aromatic carbocycles. The summed E-state index contributed by atoms with van der Waals surface area (Å²) >= 11 is 0. The van der Waals surface area contributed by atoms with Crippen molar-refractivity contribution in [3.63, 3.8) is 0 Å². The molecule has 9 heteroatoms. The first-order valence-electron chi connectivity index (χ1n) is 5.07. The van der Waals surface area contributed by atoms with Crippen molar-refractivity contribution < 1.29 is 35.9 Å². The number of nitrogens with zero attached hydrogens (tertiary/aromatic N) is 1. The fourth-order valence-corrected chi connectivity index (χ4v) is 1.36. The van der Waals surface area contributed by atoms with Crippen LogP contribution < -0.4 is 0 Å². The molecule has 0 amide bonds. The molecule has 0 heterocycles. The average molecular weight is 303 g/mol. The van der Waals surface area contributed by atoms with Gasteiger partial charge < -0.3 is 5.21 Å². The zero-order chi connectivity index (χ0) is 15.8. The first-order chi connectivity index (χ1) is 8.94. The number of alkyl halides is 7. The summed E-state index contributed by atoms with van der Waals surface area (Å²) in [6, 6.07) is 3.55. The van der Waals surface area contributed by atoms with Crippen LogP contribution in [-0.2, 0) is 5.92 Å². The van der Waals surface area contributed by atoms with Crippen LogP contribution in [0.3, 0.4) is 0 Å². The van der Waals surface area contributed by atoms with Gasteiger partial charge in [-0.05, 0) is 6.92 Å². The first-order valence-corrected chi connectivity index (χ1v) is 5.07. The van der Waals surface area contributed by atoms with Crippen LogP contribution >= 0.6 is 0 Å². The summed E-state index contributed by atoms with van der Waals surface area (Å²) in [6.45, 7) is 1.51. The topological polar surface area (TPSA) is 32.6 Å². The monoisotopic (exact) mass is 303 g/mol. The summed E-state index contributed by atoms with van der Waals surface area (Å²) in [5, 5.41) is 9.70. The van der Waals surface area contributed by atoms with Crippen LogP contribution in [0.5, 0.6) is 0 Å². The second-order valence-electron chi connectivity index (χ2n) is 3.96. The van der Waals surface area contributed by atoms with E-state index in [0.717, 1.165) is 12.1 Å². The molecule has 0 unspecified atom stereocenters. The van der Waals surface area contributed by atoms with E-state index in [-0.39, 0.29) is 0 Å². The Hall–Kier alpha value is -1.80. The molecule has 0 radical (unpaired) electrons. The van der Waals surface area contributed by atoms with Crippen LogP contribution in [-0.4, -0.2) is 23.0 Å². The van der Waals surface area contributed by atoms with Gasteiger partial charge in [0.05, 0.1) is 0 Å². The van der Waals surface area contributed by atoms with Gasteiger partial charge in [-0.3, -0.25) is 0 Å². The summed E-state index contributed by atoms with van der Waals surface area (Å²) in [5.74, 6) is -10.7. The molecule has 1 aromatic rings. The summed E-state index contributed by atoms with van der Waals surface area (Å²) in [6.07, 6.45) is -6.30. The maximum absolute atomic E-state index is 13.7. The van der Waals surface area contributed by atoms with Gasteiger partial charge in [-0.1, -0.05) is 35.0 Å². The van der Waals surface area contributed by atoms with E-state index in [1.54, 1.807) is 0 Å². The van der Waals surface area contributed by atoms with Crippen molar-refractivity contribution in [2.45, 2.75) is 24.9 Å². The van der Waals surface area contributed by atoms with Gasteiger partial charge >= 0.3 is 18.0 Å². The van der Waals surface area contributed by atoms with Gasteiger partial charge in [0.2, 0.25) is 5.71 Å². The second kappa shape index (κ2) is 4.95. The lowest BCUT2D eigenvalue weighted by molar-refractivity contribution is -0.254. The zero-order valence-electron chi connectivity index (χ0n) is 9.85. The van der Waals surface area contributed by atoms with Crippen LogP contribution in [0.1, 0.15) is 11.1 Å². The number of halogens is 7. The first kappa shape index (κ1) is 16.3. The number of benzene rings is 1. The quantitative estimate of drug-likeness (QED) is 0.387. The van der Waals surface area contributed by atoms with Crippen molar-refractivity contribution in [1.29, 1.82) is 0 Å². The fraction of sp³-hybridized carbons (Fsp3) is 0.364. The van der Waals surface area contributed by atoms with Gasteiger partial charge in [-0.25, -0.2) is 0 Å². The van der Waals surface area contributed by atoms with Gasteiger partial charge in [-0.2, -0.15) is 30.7 Å². The molecular formula is C11H8F7NO. The Morgan fingerprint density at radius 3 is 1.75 bits per heavy atom. The van der Waals surface area contributed by atoms with E-state index in [0.29, 0.717) is 17.7 Å². The Labute approximate surface area is 108 Å². The van der Waals surface area contributed by atoms with Crippen molar-refractivity contribution in [2.24, 2.45) is 5.16 Å². The van der Waals surface area contributed by atoms with Crippen LogP contribution in [0.25, 0.3) is 0 Å². The van der Waals surface area contributed by atoms with Crippen molar-refractivity contribution >= 4 is 5.71 Å². The van der Waals surface area contributed by atoms with E-state index in [1.165, 1.54) is 12.1 Å². The van der Waals surface area contributed by atoms with E-state index in [2.05, 4.69) is 0 Å². The predicted molar refractivity (Wildman–Crippen MR) is 55.3 cm³/mol. The molecule has 0 aliphatic heterocycles. The van der Waals surface area contributed by atoms with E-state index in [9.17, 15) is 30.7 Å². The molecule has 0 aromatic heterocycles. The second-order valence-corrected chi connectivity index (χ2v) is 3.96. The maximum atomic E-state index is 13.7. The molecule has 1 rings (SSSR count). The molecule has 0 atom stereocenters. The third-order valence-corrected chi connectivity index (χ3v) is 2.46. The van der Waals surface area contributed by atoms with E-state index in [1.807, 2.05) is 0 Å². The van der Waals surface area contributed by atoms with Crippen LogP contribution in [0.4, 0.5) is 30.7 Å². The number of hydrogen-bond acceptors (Lipinski definition) is 2. The van der Waals surface area contributed by atoms with Gasteiger partial charge in [-0.15, -0.1) is 0 Å². The summed E-state index contributed by atoms with van der Waals surface area (Å²) in [7, 11) is 0. The standard InChI is InChI=1S/C11H8F7NO/c1-6-2-4-7(5-3-6)9(12,13)8(19-20)10(14,15)11(16,17)18/h2-5,20H,1H3. The highest BCUT2D eigenvalue weighted by Gasteiger charge is 2.68. The molecular weight excluding hydrogens is 295 g/mol. The van der Waals surface area contributed by atoms with Crippen molar-refractivity contribution in [3.05, 3.63) is 35.4 Å². The predicted octanol–water partition coefficient (Wildman–Crippen LogP) is 4.11. The van der Waals surface area contributed by atoms with E-state index >= 15 is 0 Å². The Bertz CT molecular complexity index is 504. The maximum Gasteiger partial charge on any atom is 0.459 e. The highest BCUT2D eigenvalue weighted by Crippen LogP contribution is 2.44. The molecule has 0 aliphatic rings. The van der Waals surface area contributed by atoms with Crippen LogP contribution in [0.15, 0.2) is 29.4 Å². The number of hydrogen-bond donors (Lipinski definition) is 1. The van der Waals surface area contributed by atoms with Crippen LogP contribution in [0.2, 0.25) is 0 Å².